The molecule has 1 heterocycles. The van der Waals surface area contributed by atoms with Gasteiger partial charge in [-0.3, -0.25) is 0 Å². The summed E-state index contributed by atoms with van der Waals surface area (Å²) in [5, 5.41) is 4.10. The third-order valence-corrected chi connectivity index (χ3v) is 3.73. The molecule has 0 aliphatic heterocycles. The summed E-state index contributed by atoms with van der Waals surface area (Å²) in [6.45, 7) is 2.08. The Bertz CT molecular complexity index is 531. The summed E-state index contributed by atoms with van der Waals surface area (Å²) in [6.07, 6.45) is 1.76. The first kappa shape index (κ1) is 13.1. The Morgan fingerprint density at radius 3 is 2.83 bits per heavy atom. The van der Waals surface area contributed by atoms with E-state index in [1.54, 1.807) is 12.3 Å². The van der Waals surface area contributed by atoms with Crippen LogP contribution in [0, 0.1) is 5.82 Å². The van der Waals surface area contributed by atoms with E-state index in [9.17, 15) is 4.39 Å². The van der Waals surface area contributed by atoms with E-state index in [1.165, 1.54) is 23.9 Å². The van der Waals surface area contributed by atoms with Gasteiger partial charge in [0.2, 0.25) is 0 Å². The first-order valence-corrected chi connectivity index (χ1v) is 6.58. The van der Waals surface area contributed by atoms with Gasteiger partial charge in [-0.25, -0.2) is 9.37 Å². The van der Waals surface area contributed by atoms with E-state index in [0.29, 0.717) is 0 Å². The van der Waals surface area contributed by atoms with Crippen LogP contribution < -0.4 is 5.32 Å². The van der Waals surface area contributed by atoms with Crippen LogP contribution in [0.5, 0.6) is 0 Å². The summed E-state index contributed by atoms with van der Waals surface area (Å²) in [5.41, 5.74) is 1.12. The number of rotatable bonds is 4. The van der Waals surface area contributed by atoms with Crippen LogP contribution in [0.4, 0.5) is 4.39 Å². The largest absolute Gasteiger partial charge is 0.313 e. The zero-order valence-corrected chi connectivity index (χ0v) is 11.2. The second-order valence-corrected chi connectivity index (χ2v) is 5.03. The van der Waals surface area contributed by atoms with Crippen molar-refractivity contribution in [2.45, 2.75) is 22.9 Å². The van der Waals surface area contributed by atoms with Gasteiger partial charge in [0.25, 0.3) is 0 Å². The minimum Gasteiger partial charge on any atom is -0.313 e. The molecule has 0 fully saturated rings. The van der Waals surface area contributed by atoms with Gasteiger partial charge in [0.05, 0.1) is 0 Å². The summed E-state index contributed by atoms with van der Waals surface area (Å²) >= 11 is 1.48. The number of benzene rings is 1. The number of aromatic nitrogens is 1. The van der Waals surface area contributed by atoms with Crippen molar-refractivity contribution in [1.82, 2.24) is 10.3 Å². The van der Waals surface area contributed by atoms with Gasteiger partial charge in [0, 0.05) is 22.7 Å². The number of nitrogens with zero attached hydrogens (tertiary/aromatic N) is 1. The second kappa shape index (κ2) is 5.98. The maximum absolute atomic E-state index is 13.1. The molecule has 1 aromatic carbocycles. The van der Waals surface area contributed by atoms with Crippen molar-refractivity contribution in [3.05, 3.63) is 54.0 Å². The number of halogens is 1. The lowest BCUT2D eigenvalue weighted by atomic mass is 10.1. The van der Waals surface area contributed by atoms with Gasteiger partial charge in [-0.1, -0.05) is 23.9 Å². The third-order valence-electron chi connectivity index (χ3n) is 2.71. The lowest BCUT2D eigenvalue weighted by Crippen LogP contribution is -2.13. The number of hydrogen-bond donors (Lipinski definition) is 1. The highest BCUT2D eigenvalue weighted by atomic mass is 32.2. The van der Waals surface area contributed by atoms with Crippen LogP contribution in [0.15, 0.2) is 52.5 Å². The highest BCUT2D eigenvalue weighted by molar-refractivity contribution is 7.99. The van der Waals surface area contributed by atoms with E-state index in [4.69, 9.17) is 0 Å². The Morgan fingerprint density at radius 2 is 2.11 bits per heavy atom. The van der Waals surface area contributed by atoms with Gasteiger partial charge >= 0.3 is 0 Å². The maximum atomic E-state index is 13.1. The Hall–Kier alpha value is -1.39. The molecule has 1 atom stereocenters. The SMILES string of the molecule is CNC(C)c1cccnc1Sc1cccc(F)c1. The predicted octanol–water partition coefficient (Wildman–Crippen LogP) is 3.65. The first-order valence-electron chi connectivity index (χ1n) is 5.76. The molecule has 2 nitrogen and oxygen atoms in total. The van der Waals surface area contributed by atoms with Crippen LogP contribution in [-0.4, -0.2) is 12.0 Å². The van der Waals surface area contributed by atoms with Crippen LogP contribution in [0.25, 0.3) is 0 Å². The molecule has 0 bridgehead atoms. The smallest absolute Gasteiger partial charge is 0.124 e. The van der Waals surface area contributed by atoms with Crippen LogP contribution in [0.3, 0.4) is 0 Å². The summed E-state index contributed by atoms with van der Waals surface area (Å²) in [5.74, 6) is -0.223. The Labute approximate surface area is 111 Å². The molecule has 4 heteroatoms. The molecule has 0 saturated heterocycles. The Kier molecular flexibility index (Phi) is 4.33. The van der Waals surface area contributed by atoms with E-state index in [0.717, 1.165) is 15.5 Å². The van der Waals surface area contributed by atoms with E-state index >= 15 is 0 Å². The van der Waals surface area contributed by atoms with E-state index in [-0.39, 0.29) is 11.9 Å². The molecule has 2 aromatic rings. The Morgan fingerprint density at radius 1 is 1.28 bits per heavy atom. The summed E-state index contributed by atoms with van der Waals surface area (Å²) in [7, 11) is 1.91. The maximum Gasteiger partial charge on any atom is 0.124 e. The van der Waals surface area contributed by atoms with Crippen molar-refractivity contribution in [1.29, 1.82) is 0 Å². The lowest BCUT2D eigenvalue weighted by Gasteiger charge is -2.14. The van der Waals surface area contributed by atoms with Gasteiger partial charge in [-0.15, -0.1) is 0 Å². The highest BCUT2D eigenvalue weighted by Crippen LogP contribution is 2.31. The quantitative estimate of drug-likeness (QED) is 0.910. The van der Waals surface area contributed by atoms with Gasteiger partial charge in [0.1, 0.15) is 10.8 Å². The van der Waals surface area contributed by atoms with Gasteiger partial charge in [0.15, 0.2) is 0 Å². The zero-order chi connectivity index (χ0) is 13.0. The van der Waals surface area contributed by atoms with Crippen LogP contribution in [-0.2, 0) is 0 Å². The first-order chi connectivity index (χ1) is 8.70. The minimum atomic E-state index is -0.223. The van der Waals surface area contributed by atoms with Crippen molar-refractivity contribution in [2.75, 3.05) is 7.05 Å². The highest BCUT2D eigenvalue weighted by Gasteiger charge is 2.10. The van der Waals surface area contributed by atoms with E-state index in [1.807, 2.05) is 25.2 Å². The van der Waals surface area contributed by atoms with Gasteiger partial charge in [-0.2, -0.15) is 0 Å². The fourth-order valence-corrected chi connectivity index (χ4v) is 2.63. The van der Waals surface area contributed by atoms with E-state index < -0.39 is 0 Å². The summed E-state index contributed by atoms with van der Waals surface area (Å²) < 4.78 is 13.1. The molecule has 94 valence electrons. The van der Waals surface area contributed by atoms with Gasteiger partial charge < -0.3 is 5.32 Å². The molecule has 0 aliphatic rings. The number of nitrogens with one attached hydrogen (secondary N) is 1. The molecule has 0 saturated carbocycles. The summed E-state index contributed by atoms with van der Waals surface area (Å²) in [4.78, 5) is 5.23. The molecule has 0 radical (unpaired) electrons. The molecule has 1 aromatic heterocycles. The molecule has 0 aliphatic carbocycles. The predicted molar refractivity (Wildman–Crippen MR) is 72.2 cm³/mol. The zero-order valence-electron chi connectivity index (χ0n) is 10.4. The monoisotopic (exact) mass is 262 g/mol. The standard InChI is InChI=1S/C14H15FN2S/c1-10(16-2)13-7-4-8-17-14(13)18-12-6-3-5-11(15)9-12/h3-10,16H,1-2H3. The van der Waals surface area contributed by atoms with Crippen LogP contribution in [0.2, 0.25) is 0 Å². The lowest BCUT2D eigenvalue weighted by molar-refractivity contribution is 0.624. The molecule has 0 spiro atoms. The second-order valence-electron chi connectivity index (χ2n) is 3.97. The molecule has 18 heavy (non-hydrogen) atoms. The third kappa shape index (κ3) is 3.09. The number of hydrogen-bond acceptors (Lipinski definition) is 3. The van der Waals surface area contributed by atoms with E-state index in [2.05, 4.69) is 17.2 Å². The Balaban J connectivity index is 2.29. The summed E-state index contributed by atoms with van der Waals surface area (Å²) in [6, 6.07) is 10.7. The molecule has 2 rings (SSSR count). The fraction of sp³-hybridized carbons (Fsp3) is 0.214. The van der Waals surface area contributed by atoms with Crippen LogP contribution >= 0.6 is 11.8 Å². The number of pyridine rings is 1. The van der Waals surface area contributed by atoms with Crippen LogP contribution in [0.1, 0.15) is 18.5 Å². The molecular formula is C14H15FN2S. The van der Waals surface area contributed by atoms with Crippen molar-refractivity contribution in [3.8, 4) is 0 Å². The van der Waals surface area contributed by atoms with Crippen molar-refractivity contribution in [3.63, 3.8) is 0 Å². The molecular weight excluding hydrogens is 247 g/mol. The molecule has 1 unspecified atom stereocenters. The minimum absolute atomic E-state index is 0.217. The molecule has 0 amide bonds. The average molecular weight is 262 g/mol. The average Bonchev–Trinajstić information content (AvgIpc) is 2.38. The van der Waals surface area contributed by atoms with Crippen molar-refractivity contribution < 1.29 is 4.39 Å². The van der Waals surface area contributed by atoms with Crippen molar-refractivity contribution in [2.24, 2.45) is 0 Å². The topological polar surface area (TPSA) is 24.9 Å². The van der Waals surface area contributed by atoms with Crippen molar-refractivity contribution >= 4 is 11.8 Å². The fourth-order valence-electron chi connectivity index (χ4n) is 1.62. The normalized spacial score (nSPS) is 12.4. The van der Waals surface area contributed by atoms with Gasteiger partial charge in [-0.05, 0) is 38.2 Å². The molecule has 1 N–H and O–H groups in total.